The van der Waals surface area contributed by atoms with Gasteiger partial charge in [-0.25, -0.2) is 4.98 Å². The first-order chi connectivity index (χ1) is 9.93. The van der Waals surface area contributed by atoms with E-state index in [2.05, 4.69) is 15.3 Å². The summed E-state index contributed by atoms with van der Waals surface area (Å²) in [6.45, 7) is 4.62. The molecule has 0 saturated carbocycles. The normalized spacial score (nSPS) is 13.4. The quantitative estimate of drug-likeness (QED) is 0.907. The van der Waals surface area contributed by atoms with Gasteiger partial charge in [0.2, 0.25) is 0 Å². The topological polar surface area (TPSA) is 37.8 Å². The molecule has 0 radical (unpaired) electrons. The molecule has 1 N–H and O–H groups in total. The van der Waals surface area contributed by atoms with Gasteiger partial charge in [0.25, 0.3) is 0 Å². The maximum absolute atomic E-state index is 12.7. The Morgan fingerprint density at radius 1 is 1.33 bits per heavy atom. The van der Waals surface area contributed by atoms with Gasteiger partial charge >= 0.3 is 6.18 Å². The first-order valence-electron chi connectivity index (χ1n) is 6.60. The van der Waals surface area contributed by atoms with Gasteiger partial charge in [-0.15, -0.1) is 11.3 Å². The second-order valence-corrected chi connectivity index (χ2v) is 5.75. The summed E-state index contributed by atoms with van der Waals surface area (Å²) in [5.74, 6) is 0. The molecule has 114 valence electrons. The van der Waals surface area contributed by atoms with E-state index in [1.807, 2.05) is 19.9 Å². The largest absolute Gasteiger partial charge is 0.443 e. The Labute approximate surface area is 125 Å². The Hall–Kier alpha value is -1.47. The van der Waals surface area contributed by atoms with Crippen molar-refractivity contribution < 1.29 is 13.2 Å². The number of rotatable bonds is 5. The van der Waals surface area contributed by atoms with Crippen molar-refractivity contribution in [2.75, 3.05) is 6.54 Å². The highest BCUT2D eigenvalue weighted by Crippen LogP contribution is 2.36. The number of hydrogen-bond donors (Lipinski definition) is 1. The molecule has 3 nitrogen and oxygen atoms in total. The third kappa shape index (κ3) is 3.79. The van der Waals surface area contributed by atoms with Gasteiger partial charge in [0, 0.05) is 23.5 Å². The summed E-state index contributed by atoms with van der Waals surface area (Å²) in [6, 6.07) is 1.54. The third-order valence-corrected chi connectivity index (χ3v) is 4.13. The van der Waals surface area contributed by atoms with E-state index >= 15 is 0 Å². The fourth-order valence-electron chi connectivity index (χ4n) is 2.01. The van der Waals surface area contributed by atoms with Crippen LogP contribution in [0, 0.1) is 6.92 Å². The molecule has 0 aliphatic carbocycles. The van der Waals surface area contributed by atoms with E-state index in [0.29, 0.717) is 22.8 Å². The number of nitrogens with zero attached hydrogens (tertiary/aromatic N) is 2. The maximum atomic E-state index is 12.7. The van der Waals surface area contributed by atoms with E-state index in [9.17, 15) is 13.2 Å². The zero-order valence-corrected chi connectivity index (χ0v) is 12.6. The zero-order valence-electron chi connectivity index (χ0n) is 11.7. The lowest BCUT2D eigenvalue weighted by molar-refractivity contribution is -0.137. The van der Waals surface area contributed by atoms with Gasteiger partial charge < -0.3 is 5.32 Å². The molecule has 2 aromatic rings. The molecule has 2 heterocycles. The highest BCUT2D eigenvalue weighted by molar-refractivity contribution is 7.11. The first kappa shape index (κ1) is 15.9. The summed E-state index contributed by atoms with van der Waals surface area (Å²) < 4.78 is 38.1. The maximum Gasteiger partial charge on any atom is 0.443 e. The summed E-state index contributed by atoms with van der Waals surface area (Å²) in [5, 5.41) is 2.47. The molecule has 7 heteroatoms. The van der Waals surface area contributed by atoms with Crippen molar-refractivity contribution in [3.63, 3.8) is 0 Å². The van der Waals surface area contributed by atoms with Crippen LogP contribution in [0.2, 0.25) is 0 Å². The molecule has 2 aromatic heterocycles. The minimum absolute atomic E-state index is 0.290. The summed E-state index contributed by atoms with van der Waals surface area (Å²) >= 11 is 0.683. The molecule has 2 rings (SSSR count). The van der Waals surface area contributed by atoms with Gasteiger partial charge in [-0.05, 0) is 37.1 Å². The van der Waals surface area contributed by atoms with Crippen molar-refractivity contribution >= 4 is 11.3 Å². The van der Waals surface area contributed by atoms with Crippen LogP contribution in [-0.2, 0) is 6.18 Å². The standard InChI is InChI=1S/C14H16F3N3S/c1-3-5-19-12(10-4-6-18-7-9(10)2)11-8-20-13(21-11)14(15,16)17/h4,6-8,12,19H,3,5H2,1-2H3. The molecular formula is C14H16F3N3S. The van der Waals surface area contributed by atoms with Crippen LogP contribution in [-0.4, -0.2) is 16.5 Å². The average molecular weight is 315 g/mol. The Morgan fingerprint density at radius 2 is 2.10 bits per heavy atom. The molecule has 0 aromatic carbocycles. The third-order valence-electron chi connectivity index (χ3n) is 3.02. The highest BCUT2D eigenvalue weighted by Gasteiger charge is 2.35. The van der Waals surface area contributed by atoms with Crippen LogP contribution >= 0.6 is 11.3 Å². The van der Waals surface area contributed by atoms with Crippen LogP contribution in [0.4, 0.5) is 13.2 Å². The fraction of sp³-hybridized carbons (Fsp3) is 0.429. The van der Waals surface area contributed by atoms with Crippen LogP contribution < -0.4 is 5.32 Å². The number of hydrogen-bond acceptors (Lipinski definition) is 4. The predicted molar refractivity (Wildman–Crippen MR) is 76.2 cm³/mol. The number of aryl methyl sites for hydroxylation is 1. The summed E-state index contributed by atoms with van der Waals surface area (Å²) in [7, 11) is 0. The Bertz CT molecular complexity index is 595. The molecule has 1 atom stereocenters. The van der Waals surface area contributed by atoms with E-state index in [0.717, 1.165) is 17.5 Å². The minimum Gasteiger partial charge on any atom is -0.306 e. The lowest BCUT2D eigenvalue weighted by atomic mass is 10.0. The first-order valence-corrected chi connectivity index (χ1v) is 7.42. The highest BCUT2D eigenvalue weighted by atomic mass is 32.1. The number of pyridine rings is 1. The number of thiazole rings is 1. The Morgan fingerprint density at radius 3 is 2.67 bits per heavy atom. The van der Waals surface area contributed by atoms with Gasteiger partial charge in [-0.2, -0.15) is 13.2 Å². The van der Waals surface area contributed by atoms with Crippen LogP contribution in [0.3, 0.4) is 0 Å². The van der Waals surface area contributed by atoms with Crippen molar-refractivity contribution in [2.24, 2.45) is 0 Å². The second-order valence-electron chi connectivity index (χ2n) is 4.68. The van der Waals surface area contributed by atoms with Gasteiger partial charge in [0.15, 0.2) is 5.01 Å². The number of halogens is 3. The molecule has 0 spiro atoms. The fourth-order valence-corrected chi connectivity index (χ4v) is 2.89. The van der Waals surface area contributed by atoms with E-state index < -0.39 is 11.2 Å². The van der Waals surface area contributed by atoms with E-state index in [1.54, 1.807) is 12.4 Å². The van der Waals surface area contributed by atoms with Crippen molar-refractivity contribution in [2.45, 2.75) is 32.5 Å². The number of alkyl halides is 3. The van der Waals surface area contributed by atoms with Gasteiger partial charge in [-0.3, -0.25) is 4.98 Å². The Kier molecular flexibility index (Phi) is 4.95. The molecule has 0 saturated heterocycles. The van der Waals surface area contributed by atoms with Crippen molar-refractivity contribution in [1.29, 1.82) is 0 Å². The van der Waals surface area contributed by atoms with Crippen LogP contribution in [0.15, 0.2) is 24.7 Å². The van der Waals surface area contributed by atoms with E-state index in [-0.39, 0.29) is 6.04 Å². The molecule has 0 bridgehead atoms. The summed E-state index contributed by atoms with van der Waals surface area (Å²) in [4.78, 5) is 8.10. The van der Waals surface area contributed by atoms with Gasteiger partial charge in [0.1, 0.15) is 0 Å². The SMILES string of the molecule is CCCNC(c1cnc(C(F)(F)F)s1)c1ccncc1C. The van der Waals surface area contributed by atoms with Crippen molar-refractivity contribution in [3.05, 3.63) is 45.7 Å². The number of nitrogens with one attached hydrogen (secondary N) is 1. The zero-order chi connectivity index (χ0) is 15.5. The number of aromatic nitrogens is 2. The van der Waals surface area contributed by atoms with Crippen LogP contribution in [0.5, 0.6) is 0 Å². The van der Waals surface area contributed by atoms with E-state index in [1.165, 1.54) is 6.20 Å². The van der Waals surface area contributed by atoms with Crippen LogP contribution in [0.1, 0.15) is 40.4 Å². The minimum atomic E-state index is -4.40. The summed E-state index contributed by atoms with van der Waals surface area (Å²) in [6.07, 6.45) is 1.16. The molecule has 0 amide bonds. The molecule has 0 fully saturated rings. The van der Waals surface area contributed by atoms with Gasteiger partial charge in [-0.1, -0.05) is 6.92 Å². The monoisotopic (exact) mass is 315 g/mol. The molecule has 21 heavy (non-hydrogen) atoms. The lowest BCUT2D eigenvalue weighted by Gasteiger charge is -2.19. The van der Waals surface area contributed by atoms with Crippen molar-refractivity contribution in [1.82, 2.24) is 15.3 Å². The Balaban J connectivity index is 2.37. The molecule has 0 aliphatic heterocycles. The van der Waals surface area contributed by atoms with E-state index in [4.69, 9.17) is 0 Å². The molecule has 0 aliphatic rings. The molecular weight excluding hydrogens is 299 g/mol. The van der Waals surface area contributed by atoms with Crippen molar-refractivity contribution in [3.8, 4) is 0 Å². The smallest absolute Gasteiger partial charge is 0.306 e. The lowest BCUT2D eigenvalue weighted by Crippen LogP contribution is -2.23. The summed E-state index contributed by atoms with van der Waals surface area (Å²) in [5.41, 5.74) is 1.86. The van der Waals surface area contributed by atoms with Crippen LogP contribution in [0.25, 0.3) is 0 Å². The van der Waals surface area contributed by atoms with Gasteiger partial charge in [0.05, 0.1) is 6.04 Å². The second kappa shape index (κ2) is 6.53. The molecule has 1 unspecified atom stereocenters. The average Bonchev–Trinajstić information content (AvgIpc) is 2.91. The predicted octanol–water partition coefficient (Wildman–Crippen LogP) is 3.95.